The second-order valence-electron chi connectivity index (χ2n) is 7.09. The van der Waals surface area contributed by atoms with Crippen LogP contribution in [0.15, 0.2) is 22.7 Å². The third-order valence-corrected chi connectivity index (χ3v) is 5.13. The van der Waals surface area contributed by atoms with Gasteiger partial charge in [0.25, 0.3) is 5.91 Å². The number of carbonyl (C=O) groups is 1. The first-order valence-electron chi connectivity index (χ1n) is 9.61. The van der Waals surface area contributed by atoms with Crippen LogP contribution in [0.2, 0.25) is 0 Å². The summed E-state index contributed by atoms with van der Waals surface area (Å²) in [5, 5.41) is 13.4. The van der Waals surface area contributed by atoms with E-state index >= 15 is 0 Å². The molecule has 2 aromatic rings. The second kappa shape index (κ2) is 8.83. The predicted molar refractivity (Wildman–Crippen MR) is 99.7 cm³/mol. The molecule has 3 rings (SSSR count). The highest BCUT2D eigenvalue weighted by Gasteiger charge is 2.20. The Morgan fingerprint density at radius 1 is 1.30 bits per heavy atom. The Morgan fingerprint density at radius 3 is 2.67 bits per heavy atom. The van der Waals surface area contributed by atoms with E-state index in [1.165, 1.54) is 57.1 Å². The first-order valence-corrected chi connectivity index (χ1v) is 9.61. The van der Waals surface area contributed by atoms with E-state index in [2.05, 4.69) is 21.8 Å². The Kier molecular flexibility index (Phi) is 6.26. The van der Waals surface area contributed by atoms with Crippen LogP contribution in [0.25, 0.3) is 0 Å². The minimum Gasteiger partial charge on any atom is -0.395 e. The van der Waals surface area contributed by atoms with Gasteiger partial charge in [0, 0.05) is 30.9 Å². The van der Waals surface area contributed by atoms with Gasteiger partial charge in [0.15, 0.2) is 5.76 Å². The van der Waals surface area contributed by atoms with E-state index < -0.39 is 16.7 Å². The number of nitro groups is 1. The van der Waals surface area contributed by atoms with Gasteiger partial charge in [0.1, 0.15) is 10.7 Å². The van der Waals surface area contributed by atoms with Crippen molar-refractivity contribution in [2.24, 2.45) is 0 Å². The number of aryl methyl sites for hydroxylation is 1. The van der Waals surface area contributed by atoms with Crippen LogP contribution in [0.4, 0.5) is 5.88 Å². The Hall–Kier alpha value is -2.64. The quantitative estimate of drug-likeness (QED) is 0.609. The van der Waals surface area contributed by atoms with Gasteiger partial charge in [-0.05, 0) is 25.8 Å². The van der Waals surface area contributed by atoms with Crippen molar-refractivity contribution in [3.05, 3.63) is 45.7 Å². The van der Waals surface area contributed by atoms with Gasteiger partial charge in [-0.15, -0.1) is 0 Å². The van der Waals surface area contributed by atoms with Crippen molar-refractivity contribution in [3.8, 4) is 0 Å². The van der Waals surface area contributed by atoms with Crippen molar-refractivity contribution in [1.29, 1.82) is 0 Å². The zero-order chi connectivity index (χ0) is 19.2. The highest BCUT2D eigenvalue weighted by atomic mass is 16.6. The van der Waals surface area contributed by atoms with Crippen LogP contribution in [0, 0.1) is 17.0 Å². The predicted octanol–water partition coefficient (Wildman–Crippen LogP) is 3.95. The van der Waals surface area contributed by atoms with Crippen LogP contribution >= 0.6 is 0 Å². The number of nitrogens with zero attached hydrogens (tertiary/aromatic N) is 3. The van der Waals surface area contributed by atoms with E-state index in [4.69, 9.17) is 4.42 Å². The minimum absolute atomic E-state index is 0.0544. The molecule has 0 aliphatic heterocycles. The fraction of sp³-hybridized carbons (Fsp3) is 0.579. The fourth-order valence-electron chi connectivity index (χ4n) is 3.80. The minimum atomic E-state index is -0.661. The van der Waals surface area contributed by atoms with Crippen LogP contribution < -0.4 is 5.32 Å². The van der Waals surface area contributed by atoms with Gasteiger partial charge in [0.05, 0.1) is 6.07 Å². The molecule has 0 saturated heterocycles. The Morgan fingerprint density at radius 2 is 2.00 bits per heavy atom. The summed E-state index contributed by atoms with van der Waals surface area (Å²) in [6.45, 7) is 2.48. The lowest BCUT2D eigenvalue weighted by atomic mass is 9.96. The molecule has 0 spiro atoms. The average Bonchev–Trinajstić information content (AvgIpc) is 3.23. The van der Waals surface area contributed by atoms with Crippen LogP contribution in [0.3, 0.4) is 0 Å². The highest BCUT2D eigenvalue weighted by molar-refractivity contribution is 5.91. The van der Waals surface area contributed by atoms with Gasteiger partial charge in [-0.25, -0.2) is 4.98 Å². The molecule has 0 unspecified atom stereocenters. The number of nitrogens with one attached hydrogen (secondary N) is 1. The van der Waals surface area contributed by atoms with Gasteiger partial charge in [-0.2, -0.15) is 0 Å². The molecule has 0 bridgehead atoms. The molecule has 8 nitrogen and oxygen atoms in total. The largest absolute Gasteiger partial charge is 0.433 e. The van der Waals surface area contributed by atoms with Gasteiger partial charge in [-0.1, -0.05) is 32.1 Å². The number of furan rings is 1. The Bertz CT molecular complexity index is 787. The molecule has 1 fully saturated rings. The summed E-state index contributed by atoms with van der Waals surface area (Å²) < 4.78 is 7.25. The van der Waals surface area contributed by atoms with Crippen LogP contribution in [-0.2, 0) is 6.42 Å². The number of rotatable bonds is 6. The van der Waals surface area contributed by atoms with E-state index in [1.807, 2.05) is 6.20 Å². The van der Waals surface area contributed by atoms with Crippen molar-refractivity contribution in [3.63, 3.8) is 0 Å². The van der Waals surface area contributed by atoms with Crippen molar-refractivity contribution >= 4 is 11.8 Å². The zero-order valence-electron chi connectivity index (χ0n) is 15.6. The van der Waals surface area contributed by atoms with Gasteiger partial charge in [0.2, 0.25) is 0 Å². The summed E-state index contributed by atoms with van der Waals surface area (Å²) in [6, 6.07) is 2.97. The highest BCUT2D eigenvalue weighted by Crippen LogP contribution is 2.28. The molecule has 0 radical (unpaired) electrons. The summed E-state index contributed by atoms with van der Waals surface area (Å²) in [5.74, 6) is 0.0320. The van der Waals surface area contributed by atoms with E-state index in [-0.39, 0.29) is 5.76 Å². The van der Waals surface area contributed by atoms with Gasteiger partial charge < -0.3 is 14.3 Å². The standard InChI is InChI=1S/C19H26N4O4/c1-14-13-21-17(22(14)15-7-5-3-2-4-6-8-15)11-12-20-19(24)16-9-10-18(27-16)23(25)26/h9-10,13,15H,2-8,11-12H2,1H3,(H,20,24). The van der Waals surface area contributed by atoms with Crippen molar-refractivity contribution in [2.45, 2.75) is 64.3 Å². The molecule has 27 heavy (non-hydrogen) atoms. The maximum absolute atomic E-state index is 12.1. The normalized spacial score (nSPS) is 15.9. The summed E-state index contributed by atoms with van der Waals surface area (Å²) >= 11 is 0. The SMILES string of the molecule is Cc1cnc(CCNC(=O)c2ccc([N+](=O)[O-])o2)n1C1CCCCCCC1. The van der Waals surface area contributed by atoms with Crippen LogP contribution in [0.5, 0.6) is 0 Å². The molecule has 2 heterocycles. The second-order valence-corrected chi connectivity index (χ2v) is 7.09. The lowest BCUT2D eigenvalue weighted by Crippen LogP contribution is -2.26. The lowest BCUT2D eigenvalue weighted by Gasteiger charge is -2.24. The van der Waals surface area contributed by atoms with E-state index in [1.54, 1.807) is 0 Å². The fourth-order valence-corrected chi connectivity index (χ4v) is 3.80. The number of imidazole rings is 1. The number of amides is 1. The maximum Gasteiger partial charge on any atom is 0.433 e. The molecule has 146 valence electrons. The lowest BCUT2D eigenvalue weighted by molar-refractivity contribution is -0.402. The first-order chi connectivity index (χ1) is 13.1. The summed E-state index contributed by atoms with van der Waals surface area (Å²) in [6.07, 6.45) is 11.3. The van der Waals surface area contributed by atoms with E-state index in [0.29, 0.717) is 19.0 Å². The Labute approximate surface area is 158 Å². The molecule has 8 heteroatoms. The number of aromatic nitrogens is 2. The molecular formula is C19H26N4O4. The zero-order valence-corrected chi connectivity index (χ0v) is 15.6. The van der Waals surface area contributed by atoms with Crippen LogP contribution in [0.1, 0.15) is 73.1 Å². The topological polar surface area (TPSA) is 103 Å². The van der Waals surface area contributed by atoms with Crippen molar-refractivity contribution < 1.29 is 14.1 Å². The van der Waals surface area contributed by atoms with Crippen molar-refractivity contribution in [2.75, 3.05) is 6.54 Å². The molecule has 1 amide bonds. The number of hydrogen-bond donors (Lipinski definition) is 1. The maximum atomic E-state index is 12.1. The monoisotopic (exact) mass is 374 g/mol. The molecule has 0 atom stereocenters. The smallest absolute Gasteiger partial charge is 0.395 e. The Balaban J connectivity index is 1.59. The van der Waals surface area contributed by atoms with Crippen LogP contribution in [-0.4, -0.2) is 26.9 Å². The summed E-state index contributed by atoms with van der Waals surface area (Å²) in [5.41, 5.74) is 1.16. The van der Waals surface area contributed by atoms with Gasteiger partial charge >= 0.3 is 5.88 Å². The third kappa shape index (κ3) is 4.75. The molecule has 1 saturated carbocycles. The summed E-state index contributed by atoms with van der Waals surface area (Å²) in [7, 11) is 0. The van der Waals surface area contributed by atoms with E-state index in [0.717, 1.165) is 11.5 Å². The molecule has 1 aliphatic carbocycles. The molecule has 1 aliphatic rings. The summed E-state index contributed by atoms with van der Waals surface area (Å²) in [4.78, 5) is 26.6. The first kappa shape index (κ1) is 19.1. The third-order valence-electron chi connectivity index (χ3n) is 5.13. The average molecular weight is 374 g/mol. The molecule has 0 aromatic carbocycles. The molecule has 1 N–H and O–H groups in total. The van der Waals surface area contributed by atoms with Crippen molar-refractivity contribution in [1.82, 2.24) is 14.9 Å². The van der Waals surface area contributed by atoms with Gasteiger partial charge in [-0.3, -0.25) is 14.9 Å². The number of hydrogen-bond acceptors (Lipinski definition) is 5. The molecular weight excluding hydrogens is 348 g/mol. The van der Waals surface area contributed by atoms with E-state index in [9.17, 15) is 14.9 Å². The number of carbonyl (C=O) groups excluding carboxylic acids is 1. The molecule has 2 aromatic heterocycles.